The fourth-order valence-electron chi connectivity index (χ4n) is 1.83. The Morgan fingerprint density at radius 1 is 1.05 bits per heavy atom. The zero-order chi connectivity index (χ0) is 13.7. The van der Waals surface area contributed by atoms with Crippen LogP contribution in [-0.4, -0.2) is 16.8 Å². The standard InChI is InChI=1S/C15H16ClNO2/c16-14-2-1-3-15(19)13(14)10-17-12-6-4-11(5-7-12)8-9-18/h1-7,17-19H,8-10H2. The van der Waals surface area contributed by atoms with Gasteiger partial charge in [0.2, 0.25) is 0 Å². The monoisotopic (exact) mass is 277 g/mol. The molecule has 3 N–H and O–H groups in total. The molecule has 0 unspecified atom stereocenters. The van der Waals surface area contributed by atoms with E-state index < -0.39 is 0 Å². The van der Waals surface area contributed by atoms with E-state index in [1.54, 1.807) is 18.2 Å². The Hall–Kier alpha value is -1.71. The minimum absolute atomic E-state index is 0.153. The third-order valence-electron chi connectivity index (χ3n) is 2.92. The molecule has 100 valence electrons. The average Bonchev–Trinajstić information content (AvgIpc) is 2.40. The van der Waals surface area contributed by atoms with Crippen molar-refractivity contribution in [3.05, 3.63) is 58.6 Å². The molecule has 0 aliphatic heterocycles. The van der Waals surface area contributed by atoms with Crippen molar-refractivity contribution in [2.24, 2.45) is 0 Å². The van der Waals surface area contributed by atoms with Gasteiger partial charge in [-0.1, -0.05) is 29.8 Å². The first-order chi connectivity index (χ1) is 9.20. The fourth-order valence-corrected chi connectivity index (χ4v) is 2.07. The van der Waals surface area contributed by atoms with Gasteiger partial charge in [-0.05, 0) is 36.2 Å². The Kier molecular flexibility index (Phi) is 4.66. The van der Waals surface area contributed by atoms with Crippen LogP contribution in [0.3, 0.4) is 0 Å². The molecule has 0 saturated carbocycles. The average molecular weight is 278 g/mol. The SMILES string of the molecule is OCCc1ccc(NCc2c(O)cccc2Cl)cc1. The van der Waals surface area contributed by atoms with E-state index in [0.29, 0.717) is 23.6 Å². The molecule has 0 saturated heterocycles. The van der Waals surface area contributed by atoms with Crippen molar-refractivity contribution >= 4 is 17.3 Å². The number of phenols is 1. The van der Waals surface area contributed by atoms with E-state index in [1.165, 1.54) is 0 Å². The van der Waals surface area contributed by atoms with Gasteiger partial charge in [-0.3, -0.25) is 0 Å². The van der Waals surface area contributed by atoms with Crippen LogP contribution in [-0.2, 0) is 13.0 Å². The summed E-state index contributed by atoms with van der Waals surface area (Å²) in [6, 6.07) is 12.9. The maximum atomic E-state index is 9.73. The van der Waals surface area contributed by atoms with E-state index >= 15 is 0 Å². The molecule has 0 heterocycles. The maximum absolute atomic E-state index is 9.73. The van der Waals surface area contributed by atoms with Crippen molar-refractivity contribution in [3.8, 4) is 5.75 Å². The lowest BCUT2D eigenvalue weighted by Crippen LogP contribution is -2.00. The molecular weight excluding hydrogens is 262 g/mol. The fraction of sp³-hybridized carbons (Fsp3) is 0.200. The molecule has 4 heteroatoms. The van der Waals surface area contributed by atoms with Crippen LogP contribution < -0.4 is 5.32 Å². The highest BCUT2D eigenvalue weighted by Crippen LogP contribution is 2.26. The molecule has 0 fully saturated rings. The van der Waals surface area contributed by atoms with Crippen molar-refractivity contribution in [2.75, 3.05) is 11.9 Å². The molecule has 0 atom stereocenters. The number of benzene rings is 2. The zero-order valence-corrected chi connectivity index (χ0v) is 11.2. The summed E-state index contributed by atoms with van der Waals surface area (Å²) in [6.07, 6.45) is 0.658. The number of aliphatic hydroxyl groups is 1. The van der Waals surface area contributed by atoms with Gasteiger partial charge in [-0.25, -0.2) is 0 Å². The second-order valence-corrected chi connectivity index (χ2v) is 4.67. The van der Waals surface area contributed by atoms with Crippen LogP contribution in [0.15, 0.2) is 42.5 Å². The third kappa shape index (κ3) is 3.63. The number of rotatable bonds is 5. The van der Waals surface area contributed by atoms with Crippen molar-refractivity contribution in [1.29, 1.82) is 0 Å². The summed E-state index contributed by atoms with van der Waals surface area (Å²) in [4.78, 5) is 0. The minimum atomic E-state index is 0.153. The van der Waals surface area contributed by atoms with Crippen LogP contribution in [0.2, 0.25) is 5.02 Å². The smallest absolute Gasteiger partial charge is 0.122 e. The first kappa shape index (κ1) is 13.7. The normalized spacial score (nSPS) is 10.4. The molecule has 2 rings (SSSR count). The summed E-state index contributed by atoms with van der Waals surface area (Å²) in [6.45, 7) is 0.616. The number of hydrogen-bond acceptors (Lipinski definition) is 3. The van der Waals surface area contributed by atoms with E-state index in [1.807, 2.05) is 24.3 Å². The number of nitrogens with one attached hydrogen (secondary N) is 1. The summed E-state index contributed by atoms with van der Waals surface area (Å²) < 4.78 is 0. The first-order valence-electron chi connectivity index (χ1n) is 6.10. The second kappa shape index (κ2) is 6.45. The Bertz CT molecular complexity index is 520. The Balaban J connectivity index is 2.02. The number of halogens is 1. The minimum Gasteiger partial charge on any atom is -0.508 e. The molecular formula is C15H16ClNO2. The van der Waals surface area contributed by atoms with E-state index in [9.17, 15) is 5.11 Å². The van der Waals surface area contributed by atoms with Gasteiger partial charge in [-0.15, -0.1) is 0 Å². The van der Waals surface area contributed by atoms with Gasteiger partial charge < -0.3 is 15.5 Å². The number of hydrogen-bond donors (Lipinski definition) is 3. The molecule has 19 heavy (non-hydrogen) atoms. The molecule has 0 spiro atoms. The van der Waals surface area contributed by atoms with E-state index in [0.717, 1.165) is 11.3 Å². The summed E-state index contributed by atoms with van der Waals surface area (Å²) in [7, 11) is 0. The highest BCUT2D eigenvalue weighted by molar-refractivity contribution is 6.31. The number of aliphatic hydroxyl groups excluding tert-OH is 1. The highest BCUT2D eigenvalue weighted by atomic mass is 35.5. The lowest BCUT2D eigenvalue weighted by molar-refractivity contribution is 0.299. The van der Waals surface area contributed by atoms with Gasteiger partial charge in [0.15, 0.2) is 0 Å². The van der Waals surface area contributed by atoms with Crippen LogP contribution >= 0.6 is 11.6 Å². The van der Waals surface area contributed by atoms with Gasteiger partial charge in [0.25, 0.3) is 0 Å². The summed E-state index contributed by atoms with van der Waals surface area (Å²) in [5.41, 5.74) is 2.72. The van der Waals surface area contributed by atoms with Gasteiger partial charge in [0, 0.05) is 29.4 Å². The number of phenolic OH excluding ortho intramolecular Hbond substituents is 1. The molecule has 0 aliphatic rings. The van der Waals surface area contributed by atoms with E-state index in [4.69, 9.17) is 16.7 Å². The molecule has 0 aromatic heterocycles. The summed E-state index contributed by atoms with van der Waals surface area (Å²) in [5.74, 6) is 0.192. The van der Waals surface area contributed by atoms with Crippen LogP contribution in [0.5, 0.6) is 5.75 Å². The van der Waals surface area contributed by atoms with E-state index in [2.05, 4.69) is 5.32 Å². The molecule has 0 bridgehead atoms. The van der Waals surface area contributed by atoms with Crippen molar-refractivity contribution in [1.82, 2.24) is 0 Å². The zero-order valence-electron chi connectivity index (χ0n) is 10.4. The lowest BCUT2D eigenvalue weighted by Gasteiger charge is -2.10. The largest absolute Gasteiger partial charge is 0.508 e. The van der Waals surface area contributed by atoms with Crippen molar-refractivity contribution in [2.45, 2.75) is 13.0 Å². The Morgan fingerprint density at radius 2 is 1.79 bits per heavy atom. The molecule has 3 nitrogen and oxygen atoms in total. The van der Waals surface area contributed by atoms with Crippen LogP contribution in [0.25, 0.3) is 0 Å². The predicted molar refractivity (Wildman–Crippen MR) is 77.7 cm³/mol. The van der Waals surface area contributed by atoms with Gasteiger partial charge in [0.1, 0.15) is 5.75 Å². The van der Waals surface area contributed by atoms with Gasteiger partial charge in [0.05, 0.1) is 0 Å². The predicted octanol–water partition coefficient (Wildman–Crippen LogP) is 3.19. The van der Waals surface area contributed by atoms with E-state index in [-0.39, 0.29) is 12.4 Å². The summed E-state index contributed by atoms with van der Waals surface area (Å²) >= 11 is 6.03. The molecule has 0 aliphatic carbocycles. The molecule has 0 radical (unpaired) electrons. The molecule has 2 aromatic rings. The molecule has 0 amide bonds. The van der Waals surface area contributed by atoms with Crippen molar-refractivity contribution < 1.29 is 10.2 Å². The first-order valence-corrected chi connectivity index (χ1v) is 6.48. The third-order valence-corrected chi connectivity index (χ3v) is 3.27. The van der Waals surface area contributed by atoms with Gasteiger partial charge >= 0.3 is 0 Å². The van der Waals surface area contributed by atoms with Crippen LogP contribution in [0.4, 0.5) is 5.69 Å². The lowest BCUT2D eigenvalue weighted by atomic mass is 10.1. The van der Waals surface area contributed by atoms with Crippen molar-refractivity contribution in [3.63, 3.8) is 0 Å². The second-order valence-electron chi connectivity index (χ2n) is 4.26. The number of aromatic hydroxyl groups is 1. The quantitative estimate of drug-likeness (QED) is 0.787. The van der Waals surface area contributed by atoms with Gasteiger partial charge in [-0.2, -0.15) is 0 Å². The van der Waals surface area contributed by atoms with Crippen LogP contribution in [0, 0.1) is 0 Å². The topological polar surface area (TPSA) is 52.5 Å². The van der Waals surface area contributed by atoms with Crippen LogP contribution in [0.1, 0.15) is 11.1 Å². The Morgan fingerprint density at radius 3 is 2.42 bits per heavy atom. The number of anilines is 1. The Labute approximate surface area is 117 Å². The summed E-state index contributed by atoms with van der Waals surface area (Å²) in [5, 5.41) is 22.3. The maximum Gasteiger partial charge on any atom is 0.122 e. The highest BCUT2D eigenvalue weighted by Gasteiger charge is 2.05. The molecule has 2 aromatic carbocycles.